The van der Waals surface area contributed by atoms with Crippen LogP contribution >= 0.6 is 23.2 Å². The predicted octanol–water partition coefficient (Wildman–Crippen LogP) is 5.78. The van der Waals surface area contributed by atoms with Gasteiger partial charge in [-0.25, -0.2) is 4.79 Å². The monoisotopic (exact) mass is 555 g/mol. The highest BCUT2D eigenvalue weighted by molar-refractivity contribution is 6.42. The minimum Gasteiger partial charge on any atom is -0.318 e. The summed E-state index contributed by atoms with van der Waals surface area (Å²) >= 11 is 12.4. The largest absolute Gasteiger partial charge is 0.321 e. The first-order chi connectivity index (χ1) is 18.2. The fourth-order valence-electron chi connectivity index (χ4n) is 5.70. The Hall–Kier alpha value is -3.17. The second-order valence-electron chi connectivity index (χ2n) is 10.7. The molecule has 5 rings (SSSR count). The number of rotatable bonds is 7. The molecule has 1 spiro atoms. The zero-order valence-corrected chi connectivity index (χ0v) is 23.0. The lowest BCUT2D eigenvalue weighted by atomic mass is 9.72. The Bertz CT molecular complexity index is 1290. The van der Waals surface area contributed by atoms with Gasteiger partial charge in [0.05, 0.1) is 15.6 Å². The van der Waals surface area contributed by atoms with Crippen molar-refractivity contribution in [2.24, 2.45) is 11.8 Å². The molecule has 1 saturated heterocycles. The second kappa shape index (κ2) is 10.9. The van der Waals surface area contributed by atoms with Crippen LogP contribution in [0.1, 0.15) is 61.0 Å². The molecule has 11 heteroatoms. The van der Waals surface area contributed by atoms with E-state index >= 15 is 0 Å². The number of halogens is 2. The van der Waals surface area contributed by atoms with E-state index in [-0.39, 0.29) is 23.4 Å². The number of hydrogen-bond acceptors (Lipinski definition) is 5. The second-order valence-corrected chi connectivity index (χ2v) is 11.5. The maximum atomic E-state index is 13.8. The van der Waals surface area contributed by atoms with Gasteiger partial charge in [0.2, 0.25) is 0 Å². The number of tetrazole rings is 1. The number of urea groups is 1. The minimum atomic E-state index is -0.327. The Morgan fingerprint density at radius 1 is 1.08 bits per heavy atom. The van der Waals surface area contributed by atoms with E-state index in [0.29, 0.717) is 47.1 Å². The fraction of sp³-hybridized carbons (Fsp3) is 0.444. The average molecular weight is 556 g/mol. The van der Waals surface area contributed by atoms with Crippen LogP contribution in [0.5, 0.6) is 0 Å². The van der Waals surface area contributed by atoms with Gasteiger partial charge in [-0.3, -0.25) is 10.1 Å². The average Bonchev–Trinajstić information content (AvgIpc) is 3.50. The number of anilines is 1. The van der Waals surface area contributed by atoms with Crippen molar-refractivity contribution in [2.45, 2.75) is 58.2 Å². The summed E-state index contributed by atoms with van der Waals surface area (Å²) in [6, 6.07) is 12.9. The Morgan fingerprint density at radius 2 is 1.79 bits per heavy atom. The van der Waals surface area contributed by atoms with Crippen LogP contribution in [0.15, 0.2) is 42.5 Å². The molecular weight excluding hydrogens is 525 g/mol. The van der Waals surface area contributed by atoms with Crippen molar-refractivity contribution in [2.75, 3.05) is 11.9 Å². The lowest BCUT2D eigenvalue weighted by Crippen LogP contribution is -2.49. The molecule has 200 valence electrons. The Morgan fingerprint density at radius 3 is 2.42 bits per heavy atom. The first-order valence-corrected chi connectivity index (χ1v) is 13.6. The number of benzene rings is 2. The van der Waals surface area contributed by atoms with Crippen LogP contribution in [0, 0.1) is 11.8 Å². The summed E-state index contributed by atoms with van der Waals surface area (Å²) in [6.45, 7) is 6.22. The summed E-state index contributed by atoms with van der Waals surface area (Å²) in [7, 11) is 0. The number of nitrogens with one attached hydrogen (secondary N) is 2. The molecule has 38 heavy (non-hydrogen) atoms. The summed E-state index contributed by atoms with van der Waals surface area (Å²) in [5, 5.41) is 16.8. The molecule has 3 aromatic rings. The van der Waals surface area contributed by atoms with Crippen molar-refractivity contribution in [3.63, 3.8) is 0 Å². The number of hydrogen-bond donors (Lipinski definition) is 2. The number of aromatic amines is 1. The van der Waals surface area contributed by atoms with Crippen molar-refractivity contribution in [3.8, 4) is 0 Å². The number of nitrogens with zero attached hydrogens (tertiary/aromatic N) is 5. The van der Waals surface area contributed by atoms with E-state index in [4.69, 9.17) is 23.2 Å². The van der Waals surface area contributed by atoms with Gasteiger partial charge in [-0.05, 0) is 78.1 Å². The van der Waals surface area contributed by atoms with E-state index in [9.17, 15) is 9.59 Å². The number of amides is 3. The van der Waals surface area contributed by atoms with Gasteiger partial charge in [0, 0.05) is 25.2 Å². The van der Waals surface area contributed by atoms with E-state index in [0.717, 1.165) is 36.8 Å². The van der Waals surface area contributed by atoms with Crippen LogP contribution < -0.4 is 5.32 Å². The normalized spacial score (nSPS) is 21.5. The molecule has 2 N–H and O–H groups in total. The molecule has 9 nitrogen and oxygen atoms in total. The SMILES string of the molecule is CC(C)C1CCC2(CC1)CN(Cc1ccc(Cl)c(Cl)c1)C(=O)N2Cc1ccc(C(=O)Nc2nn[nH]n2)cc1. The molecule has 0 bridgehead atoms. The highest BCUT2D eigenvalue weighted by Gasteiger charge is 2.50. The first-order valence-electron chi connectivity index (χ1n) is 12.9. The standard InChI is InChI=1S/C27H31Cl2N7O2/c1-17(2)20-9-11-27(12-10-20)16-35(14-19-5-8-22(28)23(29)13-19)26(38)36(27)15-18-3-6-21(7-4-18)24(37)30-25-31-33-34-32-25/h3-8,13,17,20H,9-12,14-16H2,1-2H3,(H2,30,31,32,33,34,37). The molecule has 1 aliphatic heterocycles. The Balaban J connectivity index is 1.34. The number of H-pyrrole nitrogens is 1. The van der Waals surface area contributed by atoms with Crippen LogP contribution in [-0.2, 0) is 13.1 Å². The topological polar surface area (TPSA) is 107 Å². The van der Waals surface area contributed by atoms with Crippen molar-refractivity contribution in [3.05, 3.63) is 69.2 Å². The first kappa shape index (κ1) is 26.4. The molecule has 0 unspecified atom stereocenters. The van der Waals surface area contributed by atoms with Gasteiger partial charge in [0.25, 0.3) is 11.9 Å². The molecule has 0 radical (unpaired) electrons. The molecule has 1 saturated carbocycles. The maximum absolute atomic E-state index is 13.8. The zero-order valence-electron chi connectivity index (χ0n) is 21.5. The van der Waals surface area contributed by atoms with Crippen LogP contribution in [0.3, 0.4) is 0 Å². The molecule has 2 aliphatic rings. The minimum absolute atomic E-state index is 0.0259. The smallest absolute Gasteiger partial charge is 0.318 e. The molecule has 3 amide bonds. The summed E-state index contributed by atoms with van der Waals surface area (Å²) < 4.78 is 0. The third kappa shape index (κ3) is 5.49. The third-order valence-electron chi connectivity index (χ3n) is 7.95. The van der Waals surface area contributed by atoms with Crippen molar-refractivity contribution >= 4 is 41.1 Å². The third-order valence-corrected chi connectivity index (χ3v) is 8.69. The predicted molar refractivity (Wildman–Crippen MR) is 146 cm³/mol. The van der Waals surface area contributed by atoms with Crippen LogP contribution in [0.2, 0.25) is 10.0 Å². The van der Waals surface area contributed by atoms with Crippen LogP contribution in [0.25, 0.3) is 0 Å². The van der Waals surface area contributed by atoms with Gasteiger partial charge in [-0.2, -0.15) is 5.21 Å². The number of carbonyl (C=O) groups is 2. The molecular formula is C27H31Cl2N7O2. The van der Waals surface area contributed by atoms with Crippen LogP contribution in [0.4, 0.5) is 10.7 Å². The molecule has 2 fully saturated rings. The summed E-state index contributed by atoms with van der Waals surface area (Å²) in [5.41, 5.74) is 2.18. The Labute approximate surface area is 231 Å². The van der Waals surface area contributed by atoms with Gasteiger partial charge < -0.3 is 9.80 Å². The van der Waals surface area contributed by atoms with Crippen LogP contribution in [-0.4, -0.2) is 54.4 Å². The molecule has 0 atom stereocenters. The van der Waals surface area contributed by atoms with E-state index in [2.05, 4.69) is 44.7 Å². The van der Waals surface area contributed by atoms with Crippen molar-refractivity contribution in [1.29, 1.82) is 0 Å². The summed E-state index contributed by atoms with van der Waals surface area (Å²) in [4.78, 5) is 30.3. The lowest BCUT2D eigenvalue weighted by molar-refractivity contribution is 0.0832. The van der Waals surface area contributed by atoms with Gasteiger partial charge in [0.1, 0.15) is 0 Å². The number of aromatic nitrogens is 4. The molecule has 1 aromatic heterocycles. The highest BCUT2D eigenvalue weighted by Crippen LogP contribution is 2.44. The number of carbonyl (C=O) groups excluding carboxylic acids is 2. The van der Waals surface area contributed by atoms with Gasteiger partial charge in [-0.15, -0.1) is 5.10 Å². The zero-order chi connectivity index (χ0) is 26.9. The van der Waals surface area contributed by atoms with E-state index < -0.39 is 0 Å². The Kier molecular flexibility index (Phi) is 7.59. The van der Waals surface area contributed by atoms with Crippen molar-refractivity contribution in [1.82, 2.24) is 30.4 Å². The molecule has 2 aromatic carbocycles. The molecule has 1 aliphatic carbocycles. The van der Waals surface area contributed by atoms with E-state index in [1.165, 1.54) is 0 Å². The lowest BCUT2D eigenvalue weighted by Gasteiger charge is -2.43. The molecule has 2 heterocycles. The van der Waals surface area contributed by atoms with Gasteiger partial charge in [-0.1, -0.05) is 60.3 Å². The van der Waals surface area contributed by atoms with Gasteiger partial charge in [0.15, 0.2) is 0 Å². The van der Waals surface area contributed by atoms with E-state index in [1.54, 1.807) is 18.2 Å². The summed E-state index contributed by atoms with van der Waals surface area (Å²) in [6.07, 6.45) is 4.17. The van der Waals surface area contributed by atoms with Gasteiger partial charge >= 0.3 is 6.03 Å². The summed E-state index contributed by atoms with van der Waals surface area (Å²) in [5.74, 6) is 1.10. The van der Waals surface area contributed by atoms with E-state index in [1.807, 2.05) is 29.2 Å². The maximum Gasteiger partial charge on any atom is 0.321 e. The van der Waals surface area contributed by atoms with Crippen molar-refractivity contribution < 1.29 is 9.59 Å². The quantitative estimate of drug-likeness (QED) is 0.384. The highest BCUT2D eigenvalue weighted by atomic mass is 35.5. The fourth-order valence-corrected chi connectivity index (χ4v) is 6.02.